The number of phenolic OH excluding ortho intramolecular Hbond substituents is 1. The van der Waals surface area contributed by atoms with Crippen molar-refractivity contribution in [3.05, 3.63) is 29.3 Å². The van der Waals surface area contributed by atoms with Crippen molar-refractivity contribution in [3.63, 3.8) is 0 Å². The lowest BCUT2D eigenvalue weighted by Gasteiger charge is -2.27. The zero-order valence-corrected chi connectivity index (χ0v) is 13.7. The first kappa shape index (κ1) is 16.3. The molecule has 0 saturated heterocycles. The summed E-state index contributed by atoms with van der Waals surface area (Å²) in [6, 6.07) is 6.94. The molecule has 3 heteroatoms. The van der Waals surface area contributed by atoms with Gasteiger partial charge in [0, 0.05) is 12.1 Å². The van der Waals surface area contributed by atoms with Gasteiger partial charge in [0.2, 0.25) is 0 Å². The summed E-state index contributed by atoms with van der Waals surface area (Å²) < 4.78 is 0. The zero-order chi connectivity index (χ0) is 15.2. The number of unbranched alkanes of at least 4 members (excludes halogenated alkanes) is 1. The largest absolute Gasteiger partial charge is 0.508 e. The number of rotatable bonds is 7. The van der Waals surface area contributed by atoms with Gasteiger partial charge < -0.3 is 15.3 Å². The van der Waals surface area contributed by atoms with Gasteiger partial charge in [-0.2, -0.15) is 0 Å². The topological polar surface area (TPSA) is 35.5 Å². The van der Waals surface area contributed by atoms with Crippen molar-refractivity contribution in [2.24, 2.45) is 0 Å². The minimum atomic E-state index is 0.395. The second-order valence-electron chi connectivity index (χ2n) is 6.56. The standard InChI is InChI=1S/C18H30N2O/c1-14(2)20(3)12-5-4-11-19-18-8-6-7-15-13-16(21)9-10-17(15)18/h9-10,13-14,18-19,21H,4-8,11-12H2,1-3H3. The van der Waals surface area contributed by atoms with Gasteiger partial charge in [0.15, 0.2) is 0 Å². The van der Waals surface area contributed by atoms with E-state index in [9.17, 15) is 5.11 Å². The molecule has 2 rings (SSSR count). The Bertz CT molecular complexity index is 445. The fourth-order valence-electron chi connectivity index (χ4n) is 3.03. The van der Waals surface area contributed by atoms with Crippen molar-refractivity contribution < 1.29 is 5.11 Å². The van der Waals surface area contributed by atoms with Crippen molar-refractivity contribution in [1.82, 2.24) is 10.2 Å². The minimum absolute atomic E-state index is 0.395. The van der Waals surface area contributed by atoms with Crippen LogP contribution in [-0.2, 0) is 6.42 Å². The smallest absolute Gasteiger partial charge is 0.115 e. The van der Waals surface area contributed by atoms with Gasteiger partial charge in [-0.1, -0.05) is 6.07 Å². The van der Waals surface area contributed by atoms with Crippen LogP contribution >= 0.6 is 0 Å². The van der Waals surface area contributed by atoms with Crippen LogP contribution in [0, 0.1) is 0 Å². The van der Waals surface area contributed by atoms with Crippen LogP contribution < -0.4 is 5.32 Å². The number of hydrogen-bond donors (Lipinski definition) is 2. The Morgan fingerprint density at radius 1 is 1.33 bits per heavy atom. The van der Waals surface area contributed by atoms with Gasteiger partial charge in [0.1, 0.15) is 5.75 Å². The summed E-state index contributed by atoms with van der Waals surface area (Å²) in [5, 5.41) is 13.3. The van der Waals surface area contributed by atoms with E-state index in [1.165, 1.54) is 43.4 Å². The first-order valence-corrected chi connectivity index (χ1v) is 8.33. The number of nitrogens with zero attached hydrogens (tertiary/aromatic N) is 1. The number of nitrogens with one attached hydrogen (secondary N) is 1. The molecule has 0 bridgehead atoms. The van der Waals surface area contributed by atoms with E-state index in [-0.39, 0.29) is 0 Å². The highest BCUT2D eigenvalue weighted by molar-refractivity contribution is 5.38. The number of hydrogen-bond acceptors (Lipinski definition) is 3. The average Bonchev–Trinajstić information content (AvgIpc) is 2.46. The highest BCUT2D eigenvalue weighted by atomic mass is 16.3. The molecule has 2 N–H and O–H groups in total. The van der Waals surface area contributed by atoms with Gasteiger partial charge in [0.05, 0.1) is 0 Å². The normalized spacial score (nSPS) is 18.2. The molecule has 0 radical (unpaired) electrons. The highest BCUT2D eigenvalue weighted by Crippen LogP contribution is 2.31. The summed E-state index contributed by atoms with van der Waals surface area (Å²) in [5.41, 5.74) is 2.71. The minimum Gasteiger partial charge on any atom is -0.508 e. The summed E-state index contributed by atoms with van der Waals surface area (Å²) >= 11 is 0. The quantitative estimate of drug-likeness (QED) is 0.755. The molecule has 1 atom stereocenters. The van der Waals surface area contributed by atoms with E-state index in [1.54, 1.807) is 0 Å². The van der Waals surface area contributed by atoms with Crippen LogP contribution in [0.4, 0.5) is 0 Å². The summed E-state index contributed by atoms with van der Waals surface area (Å²) in [6.45, 7) is 6.74. The molecule has 0 aliphatic heterocycles. The van der Waals surface area contributed by atoms with Gasteiger partial charge in [-0.3, -0.25) is 0 Å². The lowest BCUT2D eigenvalue weighted by atomic mass is 9.87. The molecular formula is C18H30N2O. The third kappa shape index (κ3) is 4.72. The maximum Gasteiger partial charge on any atom is 0.115 e. The van der Waals surface area contributed by atoms with Crippen LogP contribution in [0.15, 0.2) is 18.2 Å². The van der Waals surface area contributed by atoms with E-state index < -0.39 is 0 Å². The lowest BCUT2D eigenvalue weighted by molar-refractivity contribution is 0.267. The van der Waals surface area contributed by atoms with E-state index in [0.29, 0.717) is 17.8 Å². The molecule has 0 spiro atoms. The van der Waals surface area contributed by atoms with E-state index in [0.717, 1.165) is 13.0 Å². The van der Waals surface area contributed by atoms with Gasteiger partial charge >= 0.3 is 0 Å². The van der Waals surface area contributed by atoms with E-state index >= 15 is 0 Å². The molecule has 1 aromatic carbocycles. The Hall–Kier alpha value is -1.06. The first-order chi connectivity index (χ1) is 10.1. The molecule has 1 aliphatic rings. The first-order valence-electron chi connectivity index (χ1n) is 8.33. The van der Waals surface area contributed by atoms with Gasteiger partial charge in [0.25, 0.3) is 0 Å². The van der Waals surface area contributed by atoms with Crippen LogP contribution in [0.2, 0.25) is 0 Å². The molecule has 118 valence electrons. The fourth-order valence-corrected chi connectivity index (χ4v) is 3.03. The summed E-state index contributed by atoms with van der Waals surface area (Å²) in [5.74, 6) is 0.395. The van der Waals surface area contributed by atoms with Crippen molar-refractivity contribution in [2.45, 2.75) is 58.0 Å². The Morgan fingerprint density at radius 3 is 2.90 bits per heavy atom. The van der Waals surface area contributed by atoms with Crippen molar-refractivity contribution in [3.8, 4) is 5.75 Å². The SMILES string of the molecule is CC(C)N(C)CCCCNC1CCCc2cc(O)ccc21. The monoisotopic (exact) mass is 290 g/mol. The van der Waals surface area contributed by atoms with Crippen molar-refractivity contribution in [1.29, 1.82) is 0 Å². The molecule has 0 amide bonds. The highest BCUT2D eigenvalue weighted by Gasteiger charge is 2.19. The van der Waals surface area contributed by atoms with E-state index in [1.807, 2.05) is 12.1 Å². The number of aryl methyl sites for hydroxylation is 1. The predicted octanol–water partition coefficient (Wildman–Crippen LogP) is 3.48. The van der Waals surface area contributed by atoms with Crippen LogP contribution in [0.5, 0.6) is 5.75 Å². The summed E-state index contributed by atoms with van der Waals surface area (Å²) in [4.78, 5) is 2.40. The van der Waals surface area contributed by atoms with E-state index in [2.05, 4.69) is 37.2 Å². The molecule has 1 aromatic rings. The molecule has 3 nitrogen and oxygen atoms in total. The van der Waals surface area contributed by atoms with Crippen LogP contribution in [0.3, 0.4) is 0 Å². The summed E-state index contributed by atoms with van der Waals surface area (Å²) in [7, 11) is 2.20. The zero-order valence-electron chi connectivity index (χ0n) is 13.7. The number of fused-ring (bicyclic) bond motifs is 1. The molecule has 0 fully saturated rings. The molecule has 0 saturated carbocycles. The molecule has 21 heavy (non-hydrogen) atoms. The van der Waals surface area contributed by atoms with Gasteiger partial charge in [-0.15, -0.1) is 0 Å². The van der Waals surface area contributed by atoms with Gasteiger partial charge in [-0.25, -0.2) is 0 Å². The Balaban J connectivity index is 1.75. The Kier molecular flexibility index (Phi) is 6.07. The Labute approximate surface area is 129 Å². The van der Waals surface area contributed by atoms with Crippen LogP contribution in [0.25, 0.3) is 0 Å². The van der Waals surface area contributed by atoms with Crippen LogP contribution in [-0.4, -0.2) is 36.2 Å². The van der Waals surface area contributed by atoms with Crippen molar-refractivity contribution >= 4 is 0 Å². The third-order valence-electron chi connectivity index (χ3n) is 4.65. The van der Waals surface area contributed by atoms with E-state index in [4.69, 9.17) is 0 Å². The number of aromatic hydroxyl groups is 1. The predicted molar refractivity (Wildman–Crippen MR) is 88.8 cm³/mol. The Morgan fingerprint density at radius 2 is 2.14 bits per heavy atom. The second-order valence-corrected chi connectivity index (χ2v) is 6.56. The number of benzene rings is 1. The van der Waals surface area contributed by atoms with Gasteiger partial charge in [-0.05, 0) is 89.3 Å². The molecular weight excluding hydrogens is 260 g/mol. The van der Waals surface area contributed by atoms with Crippen LogP contribution in [0.1, 0.15) is 56.7 Å². The van der Waals surface area contributed by atoms with Crippen molar-refractivity contribution in [2.75, 3.05) is 20.1 Å². The lowest BCUT2D eigenvalue weighted by Crippen LogP contribution is -2.29. The maximum absolute atomic E-state index is 9.59. The summed E-state index contributed by atoms with van der Waals surface area (Å²) in [6.07, 6.45) is 5.99. The molecule has 0 heterocycles. The maximum atomic E-state index is 9.59. The molecule has 1 aliphatic carbocycles. The average molecular weight is 290 g/mol. The third-order valence-corrected chi connectivity index (χ3v) is 4.65. The molecule has 0 aromatic heterocycles. The second kappa shape index (κ2) is 7.81. The fraction of sp³-hybridized carbons (Fsp3) is 0.667. The molecule has 1 unspecified atom stereocenters. The number of phenols is 1.